The van der Waals surface area contributed by atoms with Crippen molar-refractivity contribution in [1.82, 2.24) is 4.72 Å². The number of sulfonamides is 1. The molecule has 0 aliphatic carbocycles. The van der Waals surface area contributed by atoms with Crippen LogP contribution >= 0.6 is 0 Å². The first-order chi connectivity index (χ1) is 11.8. The van der Waals surface area contributed by atoms with Gasteiger partial charge in [-0.15, -0.1) is 0 Å². The SMILES string of the molecule is CCCNS(=O)(=O)c1cc(C(=O)N=C(N)N)ccc1N1CCCCC1. The normalized spacial score (nSPS) is 15.0. The van der Waals surface area contributed by atoms with Crippen LogP contribution in [0, 0.1) is 0 Å². The standard InChI is InChI=1S/C16H25N5O3S/c1-2-8-19-25(23,24)14-11-12(15(22)20-16(17)18)6-7-13(14)21-9-4-3-5-10-21/h6-7,11,19H,2-5,8-10H2,1H3,(H4,17,18,20,22). The van der Waals surface area contributed by atoms with Gasteiger partial charge in [-0.1, -0.05) is 6.92 Å². The highest BCUT2D eigenvalue weighted by Crippen LogP contribution is 2.29. The lowest BCUT2D eigenvalue weighted by atomic mass is 10.1. The molecule has 1 aromatic rings. The van der Waals surface area contributed by atoms with Crippen molar-refractivity contribution in [2.75, 3.05) is 24.5 Å². The molecule has 138 valence electrons. The highest BCUT2D eigenvalue weighted by atomic mass is 32.2. The summed E-state index contributed by atoms with van der Waals surface area (Å²) in [6, 6.07) is 4.55. The Morgan fingerprint density at radius 2 is 1.92 bits per heavy atom. The van der Waals surface area contributed by atoms with Crippen LogP contribution in [0.2, 0.25) is 0 Å². The number of piperidine rings is 1. The van der Waals surface area contributed by atoms with Gasteiger partial charge < -0.3 is 16.4 Å². The van der Waals surface area contributed by atoms with Crippen LogP contribution in [0.4, 0.5) is 5.69 Å². The van der Waals surface area contributed by atoms with Crippen molar-refractivity contribution in [2.24, 2.45) is 16.5 Å². The van der Waals surface area contributed by atoms with Gasteiger partial charge in [0.1, 0.15) is 4.90 Å². The number of hydrogen-bond acceptors (Lipinski definition) is 4. The number of amides is 1. The molecule has 9 heteroatoms. The zero-order valence-electron chi connectivity index (χ0n) is 14.4. The third kappa shape index (κ3) is 4.93. The second kappa shape index (κ2) is 8.30. The number of nitrogens with zero attached hydrogens (tertiary/aromatic N) is 2. The number of benzene rings is 1. The van der Waals surface area contributed by atoms with Gasteiger partial charge in [-0.05, 0) is 43.9 Å². The predicted molar refractivity (Wildman–Crippen MR) is 98.1 cm³/mol. The van der Waals surface area contributed by atoms with Crippen LogP contribution in [0.25, 0.3) is 0 Å². The predicted octanol–water partition coefficient (Wildman–Crippen LogP) is 0.779. The number of anilines is 1. The fourth-order valence-electron chi connectivity index (χ4n) is 2.75. The van der Waals surface area contributed by atoms with Gasteiger partial charge in [0.05, 0.1) is 5.69 Å². The molecule has 1 aliphatic rings. The van der Waals surface area contributed by atoms with Gasteiger partial charge in [-0.25, -0.2) is 13.1 Å². The number of hydrogen-bond donors (Lipinski definition) is 3. The number of carbonyl (C=O) groups is 1. The van der Waals surface area contributed by atoms with E-state index < -0.39 is 15.9 Å². The van der Waals surface area contributed by atoms with E-state index in [2.05, 4.69) is 9.71 Å². The van der Waals surface area contributed by atoms with E-state index in [0.29, 0.717) is 18.7 Å². The summed E-state index contributed by atoms with van der Waals surface area (Å²) < 4.78 is 28.0. The Balaban J connectivity index is 2.48. The Morgan fingerprint density at radius 3 is 2.52 bits per heavy atom. The maximum Gasteiger partial charge on any atom is 0.280 e. The van der Waals surface area contributed by atoms with Gasteiger partial charge in [0.2, 0.25) is 10.0 Å². The summed E-state index contributed by atoms with van der Waals surface area (Å²) in [5, 5.41) is 0. The number of aliphatic imine (C=N–C) groups is 1. The number of guanidine groups is 1. The molecule has 1 aliphatic heterocycles. The van der Waals surface area contributed by atoms with E-state index in [1.807, 2.05) is 11.8 Å². The molecule has 5 N–H and O–H groups in total. The van der Waals surface area contributed by atoms with Gasteiger partial charge >= 0.3 is 0 Å². The molecule has 2 rings (SSSR count). The molecule has 0 unspecified atom stereocenters. The second-order valence-electron chi connectivity index (χ2n) is 5.97. The molecule has 0 atom stereocenters. The summed E-state index contributed by atoms with van der Waals surface area (Å²) >= 11 is 0. The third-order valence-corrected chi connectivity index (χ3v) is 5.46. The summed E-state index contributed by atoms with van der Waals surface area (Å²) in [7, 11) is -3.74. The van der Waals surface area contributed by atoms with Gasteiger partial charge in [-0.3, -0.25) is 4.79 Å². The summed E-state index contributed by atoms with van der Waals surface area (Å²) in [5.41, 5.74) is 11.2. The van der Waals surface area contributed by atoms with E-state index in [9.17, 15) is 13.2 Å². The van der Waals surface area contributed by atoms with Crippen molar-refractivity contribution < 1.29 is 13.2 Å². The molecule has 1 amide bonds. The van der Waals surface area contributed by atoms with Crippen LogP contribution in [-0.4, -0.2) is 39.9 Å². The molecule has 1 aromatic carbocycles. The number of carbonyl (C=O) groups excluding carboxylic acids is 1. The molecule has 0 aromatic heterocycles. The van der Waals surface area contributed by atoms with Gasteiger partial charge in [0, 0.05) is 25.2 Å². The minimum Gasteiger partial charge on any atom is -0.370 e. The van der Waals surface area contributed by atoms with Gasteiger partial charge in [0.25, 0.3) is 5.91 Å². The Bertz CT molecular complexity index is 751. The molecular formula is C16H25N5O3S. The summed E-state index contributed by atoms with van der Waals surface area (Å²) in [6.07, 6.45) is 3.83. The second-order valence-corrected chi connectivity index (χ2v) is 7.71. The molecule has 0 bridgehead atoms. The van der Waals surface area contributed by atoms with E-state index in [0.717, 1.165) is 32.4 Å². The largest absolute Gasteiger partial charge is 0.370 e. The molecule has 1 saturated heterocycles. The van der Waals surface area contributed by atoms with Crippen molar-refractivity contribution in [2.45, 2.75) is 37.5 Å². The molecule has 1 heterocycles. The number of nitrogens with one attached hydrogen (secondary N) is 1. The Labute approximate surface area is 148 Å². The van der Waals surface area contributed by atoms with Crippen LogP contribution in [0.1, 0.15) is 43.0 Å². The molecule has 0 spiro atoms. The topological polar surface area (TPSA) is 131 Å². The first-order valence-electron chi connectivity index (χ1n) is 8.38. The monoisotopic (exact) mass is 367 g/mol. The maximum absolute atomic E-state index is 12.7. The minimum absolute atomic E-state index is 0.0829. The van der Waals surface area contributed by atoms with Gasteiger partial charge in [-0.2, -0.15) is 4.99 Å². The molecule has 0 radical (unpaired) electrons. The highest BCUT2D eigenvalue weighted by molar-refractivity contribution is 7.89. The molecule has 8 nitrogen and oxygen atoms in total. The summed E-state index contributed by atoms with van der Waals surface area (Å²) in [4.78, 5) is 17.7. The third-order valence-electron chi connectivity index (χ3n) is 3.97. The zero-order valence-corrected chi connectivity index (χ0v) is 15.2. The van der Waals surface area contributed by atoms with E-state index in [1.54, 1.807) is 12.1 Å². The van der Waals surface area contributed by atoms with Crippen molar-refractivity contribution in [3.63, 3.8) is 0 Å². The fourth-order valence-corrected chi connectivity index (χ4v) is 4.14. The Hall–Kier alpha value is -2.13. The van der Waals surface area contributed by atoms with Crippen molar-refractivity contribution in [1.29, 1.82) is 0 Å². The Kier molecular flexibility index (Phi) is 6.38. The van der Waals surface area contributed by atoms with Crippen molar-refractivity contribution in [3.8, 4) is 0 Å². The van der Waals surface area contributed by atoms with Crippen LogP contribution in [0.3, 0.4) is 0 Å². The molecule has 1 fully saturated rings. The molecule has 25 heavy (non-hydrogen) atoms. The highest BCUT2D eigenvalue weighted by Gasteiger charge is 2.24. The van der Waals surface area contributed by atoms with E-state index in [1.165, 1.54) is 6.07 Å². The molecule has 0 saturated carbocycles. The lowest BCUT2D eigenvalue weighted by Gasteiger charge is -2.30. The quantitative estimate of drug-likeness (QED) is 0.503. The van der Waals surface area contributed by atoms with Crippen LogP contribution in [0.5, 0.6) is 0 Å². The van der Waals surface area contributed by atoms with Crippen molar-refractivity contribution in [3.05, 3.63) is 23.8 Å². The van der Waals surface area contributed by atoms with Crippen molar-refractivity contribution >= 4 is 27.6 Å². The van der Waals surface area contributed by atoms with Crippen LogP contribution in [-0.2, 0) is 10.0 Å². The first-order valence-corrected chi connectivity index (χ1v) is 9.86. The summed E-state index contributed by atoms with van der Waals surface area (Å²) in [6.45, 7) is 3.79. The van der Waals surface area contributed by atoms with E-state index in [-0.39, 0.29) is 16.4 Å². The average Bonchev–Trinajstić information content (AvgIpc) is 2.59. The maximum atomic E-state index is 12.7. The van der Waals surface area contributed by atoms with E-state index >= 15 is 0 Å². The zero-order chi connectivity index (χ0) is 18.4. The average molecular weight is 367 g/mol. The minimum atomic E-state index is -3.74. The van der Waals surface area contributed by atoms with E-state index in [4.69, 9.17) is 11.5 Å². The smallest absolute Gasteiger partial charge is 0.280 e. The van der Waals surface area contributed by atoms with Crippen LogP contribution < -0.4 is 21.1 Å². The fraction of sp³-hybridized carbons (Fsp3) is 0.500. The number of rotatable bonds is 6. The first kappa shape index (κ1) is 19.2. The summed E-state index contributed by atoms with van der Waals surface area (Å²) in [5.74, 6) is -1.03. The van der Waals surface area contributed by atoms with Crippen LogP contribution in [0.15, 0.2) is 28.1 Å². The lowest BCUT2D eigenvalue weighted by Crippen LogP contribution is -2.33. The lowest BCUT2D eigenvalue weighted by molar-refractivity contribution is 0.100. The van der Waals surface area contributed by atoms with Gasteiger partial charge in [0.15, 0.2) is 5.96 Å². The molecular weight excluding hydrogens is 342 g/mol. The number of nitrogens with two attached hydrogens (primary N) is 2. The Morgan fingerprint density at radius 1 is 1.24 bits per heavy atom.